The van der Waals surface area contributed by atoms with Crippen LogP contribution in [0.4, 0.5) is 5.69 Å². The number of hydrogen-bond donors (Lipinski definition) is 2. The summed E-state index contributed by atoms with van der Waals surface area (Å²) in [7, 11) is 0. The van der Waals surface area contributed by atoms with E-state index in [1.807, 2.05) is 24.3 Å². The van der Waals surface area contributed by atoms with Crippen LogP contribution in [-0.4, -0.2) is 25.0 Å². The molecule has 1 aromatic rings. The van der Waals surface area contributed by atoms with E-state index in [2.05, 4.69) is 34.8 Å². The first-order valence-electron chi connectivity index (χ1n) is 6.55. The lowest BCUT2D eigenvalue weighted by atomic mass is 10.0. The molecule has 1 aliphatic heterocycles. The minimum atomic E-state index is 0.126. The summed E-state index contributed by atoms with van der Waals surface area (Å²) in [6.07, 6.45) is 3.80. The molecule has 3 nitrogen and oxygen atoms in total. The van der Waals surface area contributed by atoms with Gasteiger partial charge in [0.25, 0.3) is 5.91 Å². The van der Waals surface area contributed by atoms with Crippen LogP contribution in [0, 0.1) is 3.57 Å². The molecule has 0 saturated carbocycles. The van der Waals surface area contributed by atoms with Gasteiger partial charge < -0.3 is 10.2 Å². The molecule has 1 fully saturated rings. The zero-order chi connectivity index (χ0) is 13.0. The summed E-state index contributed by atoms with van der Waals surface area (Å²) in [5.41, 5.74) is 0.899. The third-order valence-electron chi connectivity index (χ3n) is 3.58. The average Bonchev–Trinajstić information content (AvgIpc) is 2.32. The molecule has 1 aromatic carbocycles. The van der Waals surface area contributed by atoms with Crippen molar-refractivity contribution in [3.63, 3.8) is 0 Å². The fourth-order valence-corrected chi connectivity index (χ4v) is 3.04. The summed E-state index contributed by atoms with van der Waals surface area (Å²) in [5, 5.41) is 2.99. The van der Waals surface area contributed by atoms with Crippen LogP contribution in [0.25, 0.3) is 0 Å². The molecule has 1 amide bonds. The zero-order valence-corrected chi connectivity index (χ0v) is 12.9. The van der Waals surface area contributed by atoms with Crippen molar-refractivity contribution in [2.75, 3.05) is 18.4 Å². The van der Waals surface area contributed by atoms with Crippen molar-refractivity contribution in [3.8, 4) is 0 Å². The molecular weight excluding hydrogens is 339 g/mol. The summed E-state index contributed by atoms with van der Waals surface area (Å²) in [6, 6.07) is 8.53. The van der Waals surface area contributed by atoms with Crippen LogP contribution >= 0.6 is 22.6 Å². The largest absolute Gasteiger partial charge is 0.325 e. The van der Waals surface area contributed by atoms with E-state index in [4.69, 9.17) is 0 Å². The SMILES string of the molecule is C[C@@H]1CCCC[NH+]1CC(=O)Nc1cccc(I)c1. The molecule has 0 radical (unpaired) electrons. The first kappa shape index (κ1) is 13.8. The minimum absolute atomic E-state index is 0.126. The number of piperidine rings is 1. The number of amides is 1. The van der Waals surface area contributed by atoms with Crippen LogP contribution in [-0.2, 0) is 4.79 Å². The first-order valence-corrected chi connectivity index (χ1v) is 7.63. The monoisotopic (exact) mass is 359 g/mol. The predicted molar refractivity (Wildman–Crippen MR) is 81.8 cm³/mol. The minimum Gasteiger partial charge on any atom is -0.325 e. The van der Waals surface area contributed by atoms with Gasteiger partial charge in [-0.1, -0.05) is 6.07 Å². The number of anilines is 1. The molecule has 0 spiro atoms. The number of hydrogen-bond acceptors (Lipinski definition) is 1. The van der Waals surface area contributed by atoms with Gasteiger partial charge in [-0.3, -0.25) is 4.79 Å². The standard InChI is InChI=1S/C14H19IN2O/c1-11-5-2-3-8-17(11)10-14(18)16-13-7-4-6-12(15)9-13/h4,6-7,9,11H,2-3,5,8,10H2,1H3,(H,16,18)/p+1/t11-/m1/s1. The van der Waals surface area contributed by atoms with Crippen LogP contribution in [0.15, 0.2) is 24.3 Å². The molecule has 1 saturated heterocycles. The highest BCUT2D eigenvalue weighted by molar-refractivity contribution is 14.1. The lowest BCUT2D eigenvalue weighted by Crippen LogP contribution is -3.17. The second-order valence-corrected chi connectivity index (χ2v) is 6.29. The van der Waals surface area contributed by atoms with Gasteiger partial charge in [0.1, 0.15) is 0 Å². The number of carbonyl (C=O) groups is 1. The van der Waals surface area contributed by atoms with Gasteiger partial charge in [-0.05, 0) is 67.0 Å². The van der Waals surface area contributed by atoms with E-state index in [0.717, 1.165) is 15.8 Å². The van der Waals surface area contributed by atoms with E-state index in [0.29, 0.717) is 12.6 Å². The number of benzene rings is 1. The molecule has 1 aliphatic rings. The van der Waals surface area contributed by atoms with E-state index in [-0.39, 0.29) is 5.91 Å². The average molecular weight is 359 g/mol. The Morgan fingerprint density at radius 3 is 3.06 bits per heavy atom. The Morgan fingerprint density at radius 1 is 1.50 bits per heavy atom. The van der Waals surface area contributed by atoms with Crippen molar-refractivity contribution in [3.05, 3.63) is 27.8 Å². The second-order valence-electron chi connectivity index (χ2n) is 5.04. The summed E-state index contributed by atoms with van der Waals surface area (Å²) in [6.45, 7) is 3.96. The van der Waals surface area contributed by atoms with Gasteiger partial charge in [-0.2, -0.15) is 0 Å². The van der Waals surface area contributed by atoms with Crippen LogP contribution in [0.1, 0.15) is 26.2 Å². The van der Waals surface area contributed by atoms with Crippen molar-refractivity contribution in [1.29, 1.82) is 0 Å². The molecule has 1 unspecified atom stereocenters. The van der Waals surface area contributed by atoms with E-state index in [9.17, 15) is 4.79 Å². The molecule has 0 bridgehead atoms. The number of halogens is 1. The van der Waals surface area contributed by atoms with Gasteiger partial charge in [-0.15, -0.1) is 0 Å². The van der Waals surface area contributed by atoms with Crippen LogP contribution < -0.4 is 10.2 Å². The number of carbonyl (C=O) groups excluding carboxylic acids is 1. The Bertz CT molecular complexity index is 422. The number of rotatable bonds is 3. The molecule has 2 N–H and O–H groups in total. The highest BCUT2D eigenvalue weighted by Gasteiger charge is 2.24. The fraction of sp³-hybridized carbons (Fsp3) is 0.500. The van der Waals surface area contributed by atoms with Crippen molar-refractivity contribution in [2.45, 2.75) is 32.2 Å². The zero-order valence-electron chi connectivity index (χ0n) is 10.7. The predicted octanol–water partition coefficient (Wildman–Crippen LogP) is 1.69. The third kappa shape index (κ3) is 3.95. The lowest BCUT2D eigenvalue weighted by Gasteiger charge is -2.29. The molecule has 0 aliphatic carbocycles. The molecular formula is C14H20IN2O+. The van der Waals surface area contributed by atoms with E-state index < -0.39 is 0 Å². The second kappa shape index (κ2) is 6.52. The smallest absolute Gasteiger partial charge is 0.279 e. The summed E-state index contributed by atoms with van der Waals surface area (Å²) in [4.78, 5) is 13.4. The van der Waals surface area contributed by atoms with Gasteiger partial charge in [0.05, 0.1) is 12.6 Å². The number of likely N-dealkylation sites (tertiary alicyclic amines) is 1. The maximum atomic E-state index is 12.0. The maximum absolute atomic E-state index is 12.0. The highest BCUT2D eigenvalue weighted by Crippen LogP contribution is 2.11. The van der Waals surface area contributed by atoms with E-state index >= 15 is 0 Å². The molecule has 4 heteroatoms. The molecule has 2 rings (SSSR count). The van der Waals surface area contributed by atoms with Gasteiger partial charge in [0, 0.05) is 9.26 Å². The number of quaternary nitrogens is 1. The van der Waals surface area contributed by atoms with Gasteiger partial charge >= 0.3 is 0 Å². The van der Waals surface area contributed by atoms with Crippen LogP contribution in [0.2, 0.25) is 0 Å². The Morgan fingerprint density at radius 2 is 2.33 bits per heavy atom. The third-order valence-corrected chi connectivity index (χ3v) is 4.25. The summed E-state index contributed by atoms with van der Waals surface area (Å²) < 4.78 is 1.14. The molecule has 2 atom stereocenters. The van der Waals surface area contributed by atoms with Crippen molar-refractivity contribution in [2.24, 2.45) is 0 Å². The Labute approximate surface area is 122 Å². The van der Waals surface area contributed by atoms with Gasteiger partial charge in [-0.25, -0.2) is 0 Å². The normalized spacial score (nSPS) is 23.7. The Kier molecular flexibility index (Phi) is 5.00. The Hall–Kier alpha value is -0.620. The topological polar surface area (TPSA) is 33.5 Å². The van der Waals surface area contributed by atoms with Crippen LogP contribution in [0.3, 0.4) is 0 Å². The number of nitrogens with one attached hydrogen (secondary N) is 2. The lowest BCUT2D eigenvalue weighted by molar-refractivity contribution is -0.920. The molecule has 18 heavy (non-hydrogen) atoms. The van der Waals surface area contributed by atoms with E-state index in [1.165, 1.54) is 24.2 Å². The van der Waals surface area contributed by atoms with Crippen LogP contribution in [0.5, 0.6) is 0 Å². The summed E-state index contributed by atoms with van der Waals surface area (Å²) >= 11 is 2.25. The van der Waals surface area contributed by atoms with E-state index in [1.54, 1.807) is 0 Å². The maximum Gasteiger partial charge on any atom is 0.279 e. The molecule has 0 aromatic heterocycles. The molecule has 98 valence electrons. The Balaban J connectivity index is 1.88. The fourth-order valence-electron chi connectivity index (χ4n) is 2.49. The summed E-state index contributed by atoms with van der Waals surface area (Å²) in [5.74, 6) is 0.126. The first-order chi connectivity index (χ1) is 8.65. The highest BCUT2D eigenvalue weighted by atomic mass is 127. The van der Waals surface area contributed by atoms with Crippen molar-refractivity contribution >= 4 is 34.2 Å². The van der Waals surface area contributed by atoms with Crippen molar-refractivity contribution < 1.29 is 9.69 Å². The van der Waals surface area contributed by atoms with Gasteiger partial charge in [0.15, 0.2) is 6.54 Å². The van der Waals surface area contributed by atoms with Gasteiger partial charge in [0.2, 0.25) is 0 Å². The van der Waals surface area contributed by atoms with Crippen molar-refractivity contribution in [1.82, 2.24) is 0 Å². The quantitative estimate of drug-likeness (QED) is 0.792. The molecule has 1 heterocycles.